The fraction of sp³-hybridized carbons (Fsp3) is 0.211. The molecule has 0 aliphatic rings. The number of hydrazone groups is 1. The standard InChI is InChI=1S/C19H21N3O2/c1-4-18(23)20-17-11-9-16(10-12-17)19(24)22-21-14(3)15-7-5-13(2)6-8-15/h5-12H,4H2,1-3H3,(H,20,23)(H,22,24)/b21-14-. The lowest BCUT2D eigenvalue weighted by molar-refractivity contribution is -0.115. The van der Waals surface area contributed by atoms with Crippen molar-refractivity contribution < 1.29 is 9.59 Å². The Kier molecular flexibility index (Phi) is 5.84. The van der Waals surface area contributed by atoms with Crippen molar-refractivity contribution in [3.05, 3.63) is 65.2 Å². The molecule has 2 N–H and O–H groups in total. The minimum absolute atomic E-state index is 0.0643. The molecular weight excluding hydrogens is 302 g/mol. The smallest absolute Gasteiger partial charge is 0.271 e. The summed E-state index contributed by atoms with van der Waals surface area (Å²) >= 11 is 0. The molecule has 2 aromatic carbocycles. The van der Waals surface area contributed by atoms with Gasteiger partial charge in [-0.2, -0.15) is 5.10 Å². The van der Waals surface area contributed by atoms with Crippen molar-refractivity contribution in [2.75, 3.05) is 5.32 Å². The first-order valence-corrected chi connectivity index (χ1v) is 7.81. The average molecular weight is 323 g/mol. The molecule has 0 atom stereocenters. The first-order valence-electron chi connectivity index (χ1n) is 7.81. The Balaban J connectivity index is 2.00. The molecule has 0 spiro atoms. The predicted molar refractivity (Wildman–Crippen MR) is 96.2 cm³/mol. The number of benzene rings is 2. The monoisotopic (exact) mass is 323 g/mol. The molecule has 0 saturated carbocycles. The van der Waals surface area contributed by atoms with Gasteiger partial charge < -0.3 is 5.32 Å². The van der Waals surface area contributed by atoms with Crippen LogP contribution in [0.25, 0.3) is 0 Å². The lowest BCUT2D eigenvalue weighted by atomic mass is 10.1. The summed E-state index contributed by atoms with van der Waals surface area (Å²) in [6.45, 7) is 5.64. The minimum Gasteiger partial charge on any atom is -0.326 e. The third kappa shape index (κ3) is 4.78. The molecule has 0 unspecified atom stereocenters. The van der Waals surface area contributed by atoms with Gasteiger partial charge in [-0.25, -0.2) is 5.43 Å². The van der Waals surface area contributed by atoms with E-state index >= 15 is 0 Å². The summed E-state index contributed by atoms with van der Waals surface area (Å²) in [5.41, 5.74) is 6.55. The first-order chi connectivity index (χ1) is 11.5. The van der Waals surface area contributed by atoms with Crippen LogP contribution in [0.1, 0.15) is 41.8 Å². The predicted octanol–water partition coefficient (Wildman–Crippen LogP) is 3.50. The Bertz CT molecular complexity index is 747. The normalized spacial score (nSPS) is 11.0. The summed E-state index contributed by atoms with van der Waals surface area (Å²) < 4.78 is 0. The molecule has 2 amide bonds. The summed E-state index contributed by atoms with van der Waals surface area (Å²) in [4.78, 5) is 23.4. The van der Waals surface area contributed by atoms with Gasteiger partial charge in [0.25, 0.3) is 5.91 Å². The van der Waals surface area contributed by atoms with Crippen molar-refractivity contribution in [3.63, 3.8) is 0 Å². The van der Waals surface area contributed by atoms with Crippen molar-refractivity contribution in [1.29, 1.82) is 0 Å². The van der Waals surface area contributed by atoms with Gasteiger partial charge in [0.2, 0.25) is 5.91 Å². The van der Waals surface area contributed by atoms with Gasteiger partial charge in [0.05, 0.1) is 5.71 Å². The molecule has 0 heterocycles. The fourth-order valence-electron chi connectivity index (χ4n) is 2.01. The number of carbonyl (C=O) groups excluding carboxylic acids is 2. The number of nitrogens with zero attached hydrogens (tertiary/aromatic N) is 1. The van der Waals surface area contributed by atoms with Crippen molar-refractivity contribution in [2.45, 2.75) is 27.2 Å². The molecule has 2 rings (SSSR count). The number of carbonyl (C=O) groups is 2. The van der Waals surface area contributed by atoms with Crippen LogP contribution in [0.4, 0.5) is 5.69 Å². The number of hydrogen-bond donors (Lipinski definition) is 2. The Morgan fingerprint density at radius 1 is 0.958 bits per heavy atom. The lowest BCUT2D eigenvalue weighted by Crippen LogP contribution is -2.19. The van der Waals surface area contributed by atoms with Gasteiger partial charge in [-0.1, -0.05) is 36.8 Å². The van der Waals surface area contributed by atoms with E-state index in [2.05, 4.69) is 15.8 Å². The van der Waals surface area contributed by atoms with Crippen molar-refractivity contribution in [3.8, 4) is 0 Å². The van der Waals surface area contributed by atoms with E-state index in [9.17, 15) is 9.59 Å². The zero-order valence-corrected chi connectivity index (χ0v) is 14.1. The summed E-state index contributed by atoms with van der Waals surface area (Å²) in [5.74, 6) is -0.361. The average Bonchev–Trinajstić information content (AvgIpc) is 2.60. The highest BCUT2D eigenvalue weighted by molar-refractivity contribution is 6.01. The highest BCUT2D eigenvalue weighted by Gasteiger charge is 2.06. The van der Waals surface area contributed by atoms with Crippen LogP contribution in [0.5, 0.6) is 0 Å². The summed E-state index contributed by atoms with van der Waals surface area (Å²) in [6, 6.07) is 14.6. The number of aryl methyl sites for hydroxylation is 1. The van der Waals surface area contributed by atoms with Crippen LogP contribution in [-0.2, 0) is 4.79 Å². The molecular formula is C19H21N3O2. The van der Waals surface area contributed by atoms with Gasteiger partial charge in [-0.05, 0) is 43.7 Å². The second kappa shape index (κ2) is 8.06. The molecule has 0 bridgehead atoms. The highest BCUT2D eigenvalue weighted by atomic mass is 16.2. The van der Waals surface area contributed by atoms with Crippen LogP contribution in [0, 0.1) is 6.92 Å². The van der Waals surface area contributed by atoms with Crippen LogP contribution in [0.15, 0.2) is 53.6 Å². The molecule has 24 heavy (non-hydrogen) atoms. The molecule has 0 aliphatic heterocycles. The van der Waals surface area contributed by atoms with Crippen LogP contribution >= 0.6 is 0 Å². The largest absolute Gasteiger partial charge is 0.326 e. The summed E-state index contributed by atoms with van der Waals surface area (Å²) in [7, 11) is 0. The molecule has 0 aliphatic carbocycles. The lowest BCUT2D eigenvalue weighted by Gasteiger charge is -2.06. The zero-order chi connectivity index (χ0) is 17.5. The molecule has 0 radical (unpaired) electrons. The number of amides is 2. The second-order valence-electron chi connectivity index (χ2n) is 5.48. The van der Waals surface area contributed by atoms with E-state index in [1.165, 1.54) is 5.56 Å². The van der Waals surface area contributed by atoms with Gasteiger partial charge in [0.15, 0.2) is 0 Å². The third-order valence-corrected chi connectivity index (χ3v) is 3.55. The molecule has 5 heteroatoms. The van der Waals surface area contributed by atoms with E-state index in [0.717, 1.165) is 11.3 Å². The number of rotatable bonds is 5. The number of hydrogen-bond acceptors (Lipinski definition) is 3. The highest BCUT2D eigenvalue weighted by Crippen LogP contribution is 2.10. The molecule has 2 aromatic rings. The van der Waals surface area contributed by atoms with E-state index in [-0.39, 0.29) is 11.8 Å². The zero-order valence-electron chi connectivity index (χ0n) is 14.1. The molecule has 5 nitrogen and oxygen atoms in total. The summed E-state index contributed by atoms with van der Waals surface area (Å²) in [5, 5.41) is 6.87. The second-order valence-corrected chi connectivity index (χ2v) is 5.48. The molecule has 0 fully saturated rings. The van der Waals surface area contributed by atoms with Crippen molar-refractivity contribution in [2.24, 2.45) is 5.10 Å². The Morgan fingerprint density at radius 2 is 1.54 bits per heavy atom. The topological polar surface area (TPSA) is 70.6 Å². The van der Waals surface area contributed by atoms with Crippen molar-refractivity contribution in [1.82, 2.24) is 5.43 Å². The maximum atomic E-state index is 12.1. The van der Waals surface area contributed by atoms with E-state index in [0.29, 0.717) is 17.7 Å². The van der Waals surface area contributed by atoms with Gasteiger partial charge in [0.1, 0.15) is 0 Å². The van der Waals surface area contributed by atoms with Gasteiger partial charge in [-0.3, -0.25) is 9.59 Å². The Hall–Kier alpha value is -2.95. The SMILES string of the molecule is CCC(=O)Nc1ccc(C(=O)N/N=C(/C)c2ccc(C)cc2)cc1. The van der Waals surface area contributed by atoms with Gasteiger partial charge in [-0.15, -0.1) is 0 Å². The third-order valence-electron chi connectivity index (χ3n) is 3.55. The molecule has 0 aromatic heterocycles. The summed E-state index contributed by atoms with van der Waals surface area (Å²) in [6.07, 6.45) is 0.412. The van der Waals surface area contributed by atoms with E-state index in [1.54, 1.807) is 31.2 Å². The molecule has 0 saturated heterocycles. The fourth-order valence-corrected chi connectivity index (χ4v) is 2.01. The van der Waals surface area contributed by atoms with Crippen LogP contribution in [0.2, 0.25) is 0 Å². The van der Waals surface area contributed by atoms with Gasteiger partial charge in [0, 0.05) is 17.7 Å². The van der Waals surface area contributed by atoms with E-state index in [1.807, 2.05) is 38.1 Å². The van der Waals surface area contributed by atoms with E-state index < -0.39 is 0 Å². The van der Waals surface area contributed by atoms with Crippen LogP contribution in [-0.4, -0.2) is 17.5 Å². The van der Waals surface area contributed by atoms with Crippen molar-refractivity contribution >= 4 is 23.2 Å². The minimum atomic E-state index is -0.296. The van der Waals surface area contributed by atoms with Gasteiger partial charge >= 0.3 is 0 Å². The quantitative estimate of drug-likeness (QED) is 0.653. The number of nitrogens with one attached hydrogen (secondary N) is 2. The van der Waals surface area contributed by atoms with Crippen LogP contribution < -0.4 is 10.7 Å². The Labute approximate surface area is 141 Å². The van der Waals surface area contributed by atoms with E-state index in [4.69, 9.17) is 0 Å². The van der Waals surface area contributed by atoms with Crippen LogP contribution in [0.3, 0.4) is 0 Å². The molecule has 124 valence electrons. The number of anilines is 1. The maximum absolute atomic E-state index is 12.1. The first kappa shape index (κ1) is 17.4. The Morgan fingerprint density at radius 3 is 2.12 bits per heavy atom. The maximum Gasteiger partial charge on any atom is 0.271 e.